The monoisotopic (exact) mass is 320 g/mol. The molecule has 1 aromatic rings. The maximum atomic E-state index is 11.8. The minimum Gasteiger partial charge on any atom is -0.429 e. The Morgan fingerprint density at radius 1 is 1.13 bits per heavy atom. The van der Waals surface area contributed by atoms with Crippen LogP contribution in [-0.4, -0.2) is 18.2 Å². The van der Waals surface area contributed by atoms with Crippen LogP contribution in [0.25, 0.3) is 0 Å². The summed E-state index contributed by atoms with van der Waals surface area (Å²) in [6, 6.07) is 8.46. The van der Waals surface area contributed by atoms with E-state index in [1.54, 1.807) is 30.3 Å². The van der Waals surface area contributed by atoms with E-state index in [9.17, 15) is 9.59 Å². The molecule has 5 nitrogen and oxygen atoms in total. The second kappa shape index (κ2) is 11.4. The Kier molecular flexibility index (Phi) is 9.40. The summed E-state index contributed by atoms with van der Waals surface area (Å²) in [5.74, 6) is -1.24. The summed E-state index contributed by atoms with van der Waals surface area (Å²) in [4.78, 5) is 32.9. The van der Waals surface area contributed by atoms with E-state index in [1.807, 2.05) is 0 Å². The molecule has 1 atom stereocenters. The Bertz CT molecular complexity index is 483. The van der Waals surface area contributed by atoms with Crippen LogP contribution in [0, 0.1) is 0 Å². The van der Waals surface area contributed by atoms with Gasteiger partial charge in [0.2, 0.25) is 6.29 Å². The molecule has 0 bridgehead atoms. The highest BCUT2D eigenvalue weighted by Gasteiger charge is 2.17. The molecule has 0 radical (unpaired) electrons. The quantitative estimate of drug-likeness (QED) is 0.153. The van der Waals surface area contributed by atoms with Gasteiger partial charge in [0.1, 0.15) is 0 Å². The fraction of sp³-hybridized carbons (Fsp3) is 0.444. The number of carbonyl (C=O) groups excluding carboxylic acids is 2. The van der Waals surface area contributed by atoms with E-state index in [4.69, 9.17) is 14.5 Å². The summed E-state index contributed by atoms with van der Waals surface area (Å²) in [7, 11) is 0. The highest BCUT2D eigenvalue weighted by Crippen LogP contribution is 2.12. The van der Waals surface area contributed by atoms with Crippen LogP contribution in [0.2, 0.25) is 0 Å². The second-order valence-corrected chi connectivity index (χ2v) is 5.11. The Hall–Kier alpha value is -2.14. The van der Waals surface area contributed by atoms with E-state index in [-0.39, 0.29) is 0 Å². The molecule has 23 heavy (non-hydrogen) atoms. The molecule has 0 aliphatic rings. The average Bonchev–Trinajstić information content (AvgIpc) is 2.59. The minimum atomic E-state index is -0.921. The van der Waals surface area contributed by atoms with Crippen LogP contribution in [-0.2, 0) is 19.3 Å². The number of rotatable bonds is 11. The van der Waals surface area contributed by atoms with Crippen molar-refractivity contribution in [1.29, 1.82) is 0 Å². The first-order valence-corrected chi connectivity index (χ1v) is 7.93. The molecule has 0 amide bonds. The summed E-state index contributed by atoms with van der Waals surface area (Å²) in [5, 5.41) is 0. The zero-order valence-electron chi connectivity index (χ0n) is 13.5. The molecule has 0 fully saturated rings. The van der Waals surface area contributed by atoms with Crippen LogP contribution in [0.1, 0.15) is 55.8 Å². The number of hydrogen-bond acceptors (Lipinski definition) is 5. The third-order valence-electron chi connectivity index (χ3n) is 3.20. The third-order valence-corrected chi connectivity index (χ3v) is 3.20. The van der Waals surface area contributed by atoms with Crippen LogP contribution in [0.5, 0.6) is 0 Å². The highest BCUT2D eigenvalue weighted by molar-refractivity contribution is 5.88. The van der Waals surface area contributed by atoms with Crippen molar-refractivity contribution in [2.75, 3.05) is 0 Å². The van der Waals surface area contributed by atoms with Crippen molar-refractivity contribution in [2.24, 2.45) is 0 Å². The van der Waals surface area contributed by atoms with E-state index in [0.717, 1.165) is 31.8 Å². The lowest BCUT2D eigenvalue weighted by Gasteiger charge is -2.15. The normalized spacial score (nSPS) is 11.5. The molecule has 5 heteroatoms. The summed E-state index contributed by atoms with van der Waals surface area (Å²) in [6.45, 7) is 5.48. The molecule has 0 heterocycles. The van der Waals surface area contributed by atoms with E-state index in [1.165, 1.54) is 6.42 Å². The molecule has 0 saturated heterocycles. The number of ether oxygens (including phenoxy) is 1. The van der Waals surface area contributed by atoms with Crippen molar-refractivity contribution < 1.29 is 24.1 Å². The Morgan fingerprint density at radius 2 is 1.83 bits per heavy atom. The molecule has 0 aliphatic carbocycles. The molecule has 1 aromatic carbocycles. The number of benzene rings is 1. The van der Waals surface area contributed by atoms with Crippen molar-refractivity contribution in [3.63, 3.8) is 0 Å². The smallest absolute Gasteiger partial charge is 0.373 e. The van der Waals surface area contributed by atoms with Gasteiger partial charge in [0.15, 0.2) is 0 Å². The van der Waals surface area contributed by atoms with Crippen molar-refractivity contribution in [1.82, 2.24) is 0 Å². The molecule has 0 aliphatic heterocycles. The van der Waals surface area contributed by atoms with Crippen molar-refractivity contribution in [2.45, 2.75) is 51.7 Å². The van der Waals surface area contributed by atoms with Gasteiger partial charge in [-0.15, -0.1) is 4.89 Å². The SMILES string of the molecule is C=CC(=O)OC(CCCCCCC)OOC(=O)c1ccccc1. The molecule has 0 aromatic heterocycles. The second-order valence-electron chi connectivity index (χ2n) is 5.11. The standard InChI is InChI=1S/C18H24O5/c1-3-5-6-7-11-14-17(21-16(19)4-2)22-23-18(20)15-12-9-8-10-13-15/h4,8-10,12-13,17H,2-3,5-7,11,14H2,1H3. The lowest BCUT2D eigenvalue weighted by Crippen LogP contribution is -2.22. The largest absolute Gasteiger partial charge is 0.429 e. The van der Waals surface area contributed by atoms with Crippen LogP contribution >= 0.6 is 0 Å². The molecule has 0 spiro atoms. The van der Waals surface area contributed by atoms with Gasteiger partial charge in [-0.3, -0.25) is 4.89 Å². The number of esters is 1. The van der Waals surface area contributed by atoms with Gasteiger partial charge in [0, 0.05) is 12.5 Å². The maximum Gasteiger partial charge on any atom is 0.373 e. The predicted molar refractivity (Wildman–Crippen MR) is 86.4 cm³/mol. The van der Waals surface area contributed by atoms with Crippen molar-refractivity contribution in [3.8, 4) is 0 Å². The van der Waals surface area contributed by atoms with Crippen LogP contribution in [0.15, 0.2) is 43.0 Å². The zero-order chi connectivity index (χ0) is 16.9. The van der Waals surface area contributed by atoms with Crippen molar-refractivity contribution >= 4 is 11.9 Å². The first-order valence-electron chi connectivity index (χ1n) is 7.93. The molecule has 0 N–H and O–H groups in total. The molecule has 0 saturated carbocycles. The summed E-state index contributed by atoms with van der Waals surface area (Å²) in [6.07, 6.45) is 5.85. The van der Waals surface area contributed by atoms with Gasteiger partial charge in [0.25, 0.3) is 0 Å². The Labute approximate surface area is 137 Å². The van der Waals surface area contributed by atoms with Gasteiger partial charge >= 0.3 is 11.9 Å². The number of carbonyl (C=O) groups is 2. The molecular weight excluding hydrogens is 296 g/mol. The fourth-order valence-corrected chi connectivity index (χ4v) is 1.94. The lowest BCUT2D eigenvalue weighted by atomic mass is 10.1. The predicted octanol–water partition coefficient (Wildman–Crippen LogP) is 4.19. The first-order chi connectivity index (χ1) is 11.2. The van der Waals surface area contributed by atoms with Crippen LogP contribution in [0.4, 0.5) is 0 Å². The van der Waals surface area contributed by atoms with Crippen LogP contribution in [0.3, 0.4) is 0 Å². The maximum absolute atomic E-state index is 11.8. The minimum absolute atomic E-state index is 0.365. The van der Waals surface area contributed by atoms with Gasteiger partial charge in [-0.05, 0) is 18.6 Å². The average molecular weight is 320 g/mol. The Morgan fingerprint density at radius 3 is 2.48 bits per heavy atom. The Balaban J connectivity index is 2.43. The summed E-state index contributed by atoms with van der Waals surface area (Å²) < 4.78 is 5.04. The molecule has 1 unspecified atom stereocenters. The van der Waals surface area contributed by atoms with E-state index in [2.05, 4.69) is 13.5 Å². The fourth-order valence-electron chi connectivity index (χ4n) is 1.94. The van der Waals surface area contributed by atoms with Gasteiger partial charge in [-0.1, -0.05) is 57.4 Å². The van der Waals surface area contributed by atoms with Crippen molar-refractivity contribution in [3.05, 3.63) is 48.6 Å². The van der Waals surface area contributed by atoms with E-state index in [0.29, 0.717) is 12.0 Å². The van der Waals surface area contributed by atoms with Gasteiger partial charge < -0.3 is 4.74 Å². The number of hydrogen-bond donors (Lipinski definition) is 0. The van der Waals surface area contributed by atoms with E-state index < -0.39 is 18.2 Å². The lowest BCUT2D eigenvalue weighted by molar-refractivity contribution is -0.331. The van der Waals surface area contributed by atoms with Gasteiger partial charge in [0.05, 0.1) is 5.56 Å². The van der Waals surface area contributed by atoms with Gasteiger partial charge in [-0.2, -0.15) is 0 Å². The van der Waals surface area contributed by atoms with Gasteiger partial charge in [-0.25, -0.2) is 9.59 Å². The summed E-state index contributed by atoms with van der Waals surface area (Å²) >= 11 is 0. The zero-order valence-corrected chi connectivity index (χ0v) is 13.5. The van der Waals surface area contributed by atoms with E-state index >= 15 is 0 Å². The topological polar surface area (TPSA) is 61.8 Å². The summed E-state index contributed by atoms with van der Waals surface area (Å²) in [5.41, 5.74) is 0.365. The third kappa shape index (κ3) is 8.16. The molecule has 1 rings (SSSR count). The molecular formula is C18H24O5. The number of unbranched alkanes of at least 4 members (excludes halogenated alkanes) is 4. The van der Waals surface area contributed by atoms with Crippen LogP contribution < -0.4 is 0 Å². The molecule has 126 valence electrons. The first kappa shape index (κ1) is 18.9. The highest BCUT2D eigenvalue weighted by atomic mass is 17.2.